The van der Waals surface area contributed by atoms with Crippen molar-refractivity contribution in [3.63, 3.8) is 0 Å². The van der Waals surface area contributed by atoms with Crippen LogP contribution in [0.5, 0.6) is 0 Å². The van der Waals surface area contributed by atoms with Crippen molar-refractivity contribution in [2.75, 3.05) is 0 Å². The minimum atomic E-state index is -0.466. The summed E-state index contributed by atoms with van der Waals surface area (Å²) in [7, 11) is 0. The first-order valence-corrected chi connectivity index (χ1v) is 10.1. The van der Waals surface area contributed by atoms with Crippen molar-refractivity contribution in [1.29, 1.82) is 0 Å². The topological polar surface area (TPSA) is 96.0 Å². The van der Waals surface area contributed by atoms with Gasteiger partial charge >= 0.3 is 0 Å². The van der Waals surface area contributed by atoms with E-state index >= 15 is 4.39 Å². The number of hydrogen-bond donors (Lipinski definition) is 2. The number of pyridine rings is 3. The molecule has 0 unspecified atom stereocenters. The third-order valence-corrected chi connectivity index (χ3v) is 5.62. The summed E-state index contributed by atoms with van der Waals surface area (Å²) >= 11 is 0. The summed E-state index contributed by atoms with van der Waals surface area (Å²) in [5.41, 5.74) is 5.11. The van der Waals surface area contributed by atoms with Crippen LogP contribution in [0.4, 0.5) is 8.78 Å². The number of benzene rings is 1. The highest BCUT2D eigenvalue weighted by atomic mass is 19.1. The van der Waals surface area contributed by atoms with E-state index in [1.54, 1.807) is 36.8 Å². The molecule has 0 radical (unpaired) electrons. The van der Waals surface area contributed by atoms with Gasteiger partial charge in [0.2, 0.25) is 0 Å². The fraction of sp³-hybridized carbons (Fsp3) is 0.0417. The number of nitrogens with zero attached hydrogens (tertiary/aromatic N) is 5. The second-order valence-electron chi connectivity index (χ2n) is 7.62. The van der Waals surface area contributed by atoms with E-state index in [0.29, 0.717) is 39.5 Å². The van der Waals surface area contributed by atoms with Gasteiger partial charge in [0.15, 0.2) is 17.1 Å². The number of imidazole rings is 1. The Labute approximate surface area is 185 Å². The summed E-state index contributed by atoms with van der Waals surface area (Å²) in [4.78, 5) is 20.6. The number of halogens is 2. The van der Waals surface area contributed by atoms with Gasteiger partial charge in [-0.05, 0) is 42.3 Å². The highest BCUT2D eigenvalue weighted by molar-refractivity contribution is 5.96. The zero-order valence-corrected chi connectivity index (χ0v) is 17.3. The molecule has 2 N–H and O–H groups in total. The Kier molecular flexibility index (Phi) is 4.22. The summed E-state index contributed by atoms with van der Waals surface area (Å²) in [6, 6.07) is 9.74. The number of hydrogen-bond acceptors (Lipinski definition) is 5. The average Bonchev–Trinajstić information content (AvgIpc) is 3.45. The fourth-order valence-corrected chi connectivity index (χ4v) is 3.94. The highest BCUT2D eigenvalue weighted by Crippen LogP contribution is 2.34. The molecule has 0 bridgehead atoms. The summed E-state index contributed by atoms with van der Waals surface area (Å²) < 4.78 is 29.1. The second-order valence-corrected chi connectivity index (χ2v) is 7.62. The molecule has 0 saturated heterocycles. The Morgan fingerprint density at radius 2 is 1.67 bits per heavy atom. The van der Waals surface area contributed by atoms with Crippen LogP contribution in [0.2, 0.25) is 0 Å². The Morgan fingerprint density at radius 1 is 0.818 bits per heavy atom. The molecule has 6 aromatic rings. The van der Waals surface area contributed by atoms with E-state index in [1.807, 2.05) is 13.0 Å². The number of aryl methyl sites for hydroxylation is 1. The van der Waals surface area contributed by atoms with E-state index < -0.39 is 5.82 Å². The van der Waals surface area contributed by atoms with Crippen molar-refractivity contribution in [3.8, 4) is 33.8 Å². The van der Waals surface area contributed by atoms with E-state index in [4.69, 9.17) is 0 Å². The molecule has 0 atom stereocenters. The van der Waals surface area contributed by atoms with Crippen LogP contribution >= 0.6 is 0 Å². The number of nitrogens with one attached hydrogen (secondary N) is 2. The van der Waals surface area contributed by atoms with Crippen LogP contribution in [0.3, 0.4) is 0 Å². The van der Waals surface area contributed by atoms with Gasteiger partial charge in [0.25, 0.3) is 0 Å². The van der Waals surface area contributed by atoms with Gasteiger partial charge < -0.3 is 4.98 Å². The molecule has 0 aliphatic heterocycles. The molecule has 160 valence electrons. The lowest BCUT2D eigenvalue weighted by Crippen LogP contribution is -1.93. The molecule has 1 aromatic carbocycles. The Morgan fingerprint density at radius 3 is 2.48 bits per heavy atom. The van der Waals surface area contributed by atoms with Crippen molar-refractivity contribution >= 4 is 22.2 Å². The molecule has 0 aliphatic carbocycles. The van der Waals surface area contributed by atoms with Crippen LogP contribution < -0.4 is 0 Å². The van der Waals surface area contributed by atoms with Gasteiger partial charge in [-0.25, -0.2) is 23.7 Å². The van der Waals surface area contributed by atoms with E-state index in [1.165, 1.54) is 18.3 Å². The number of H-pyrrole nitrogens is 2. The molecule has 0 aliphatic rings. The maximum absolute atomic E-state index is 15.7. The molecule has 0 amide bonds. The molecular formula is C24H15F2N7. The van der Waals surface area contributed by atoms with Crippen LogP contribution in [0, 0.1) is 18.6 Å². The van der Waals surface area contributed by atoms with Crippen LogP contribution in [-0.4, -0.2) is 35.1 Å². The Hall–Kier alpha value is -4.53. The summed E-state index contributed by atoms with van der Waals surface area (Å²) in [5, 5.41) is 7.28. The minimum absolute atomic E-state index is 0.221. The normalized spacial score (nSPS) is 11.5. The number of fused-ring (bicyclic) bond motifs is 2. The Balaban J connectivity index is 1.55. The van der Waals surface area contributed by atoms with Gasteiger partial charge in [-0.15, -0.1) is 0 Å². The number of aromatic amines is 2. The van der Waals surface area contributed by atoms with Crippen molar-refractivity contribution in [3.05, 3.63) is 78.4 Å². The predicted octanol–water partition coefficient (Wildman–Crippen LogP) is 5.21. The van der Waals surface area contributed by atoms with Crippen molar-refractivity contribution in [1.82, 2.24) is 35.1 Å². The highest BCUT2D eigenvalue weighted by Gasteiger charge is 2.22. The quantitative estimate of drug-likeness (QED) is 0.395. The molecule has 5 heterocycles. The van der Waals surface area contributed by atoms with Crippen molar-refractivity contribution in [2.24, 2.45) is 0 Å². The fourth-order valence-electron chi connectivity index (χ4n) is 3.94. The Bertz CT molecular complexity index is 1650. The predicted molar refractivity (Wildman–Crippen MR) is 120 cm³/mol. The number of aromatic nitrogens is 7. The lowest BCUT2D eigenvalue weighted by molar-refractivity contribution is 0.628. The lowest BCUT2D eigenvalue weighted by Gasteiger charge is -2.06. The molecule has 0 fully saturated rings. The molecule has 0 saturated carbocycles. The molecule has 5 aromatic heterocycles. The van der Waals surface area contributed by atoms with Gasteiger partial charge in [0.1, 0.15) is 22.8 Å². The van der Waals surface area contributed by atoms with Gasteiger partial charge in [-0.2, -0.15) is 5.10 Å². The first-order valence-electron chi connectivity index (χ1n) is 10.1. The smallest absolute Gasteiger partial charge is 0.161 e. The first kappa shape index (κ1) is 19.2. The lowest BCUT2D eigenvalue weighted by atomic mass is 10.0. The zero-order chi connectivity index (χ0) is 22.5. The van der Waals surface area contributed by atoms with Gasteiger partial charge in [-0.3, -0.25) is 10.1 Å². The van der Waals surface area contributed by atoms with Crippen molar-refractivity contribution < 1.29 is 8.78 Å². The second kappa shape index (κ2) is 7.27. The van der Waals surface area contributed by atoms with Gasteiger partial charge in [0.05, 0.1) is 5.39 Å². The summed E-state index contributed by atoms with van der Waals surface area (Å²) in [5.74, 6) is -0.441. The monoisotopic (exact) mass is 439 g/mol. The van der Waals surface area contributed by atoms with Crippen LogP contribution in [0.15, 0.2) is 61.2 Å². The maximum atomic E-state index is 15.7. The molecule has 6 rings (SSSR count). The molecule has 0 spiro atoms. The van der Waals surface area contributed by atoms with E-state index in [-0.39, 0.29) is 11.2 Å². The van der Waals surface area contributed by atoms with Gasteiger partial charge in [0, 0.05) is 41.5 Å². The third-order valence-electron chi connectivity index (χ3n) is 5.62. The SMILES string of the molecule is Cc1ccncc1-c1cnc2[nH]nc(-c3nc4c(-c5ccc(F)cc5)ccnc4[nH]3)c2c1F. The van der Waals surface area contributed by atoms with E-state index in [2.05, 4.69) is 35.1 Å². The van der Waals surface area contributed by atoms with Crippen LogP contribution in [0.25, 0.3) is 56.0 Å². The first-order chi connectivity index (χ1) is 16.1. The van der Waals surface area contributed by atoms with Crippen molar-refractivity contribution in [2.45, 2.75) is 6.92 Å². The molecule has 7 nitrogen and oxygen atoms in total. The van der Waals surface area contributed by atoms with E-state index in [0.717, 1.165) is 16.7 Å². The largest absolute Gasteiger partial charge is 0.321 e. The molecular weight excluding hydrogens is 424 g/mol. The van der Waals surface area contributed by atoms with E-state index in [9.17, 15) is 4.39 Å². The minimum Gasteiger partial charge on any atom is -0.321 e. The summed E-state index contributed by atoms with van der Waals surface area (Å²) in [6.45, 7) is 1.89. The summed E-state index contributed by atoms with van der Waals surface area (Å²) in [6.07, 6.45) is 6.38. The third kappa shape index (κ3) is 3.05. The van der Waals surface area contributed by atoms with Gasteiger partial charge in [-0.1, -0.05) is 12.1 Å². The maximum Gasteiger partial charge on any atom is 0.161 e. The standard InChI is InChI=1S/C24H15F2N7/c1-12-6-8-27-10-16(12)17-11-29-22-18(19(17)26)21(32-33-22)24-30-20-15(7-9-28-23(20)31-24)13-2-4-14(25)5-3-13/h2-11H,1H3,(H,28,30,31)(H,29,32,33). The van der Waals surface area contributed by atoms with Crippen LogP contribution in [0.1, 0.15) is 5.56 Å². The zero-order valence-electron chi connectivity index (χ0n) is 17.3. The average molecular weight is 439 g/mol. The van der Waals surface area contributed by atoms with Crippen LogP contribution in [-0.2, 0) is 0 Å². The number of rotatable bonds is 3. The molecule has 9 heteroatoms. The molecule has 33 heavy (non-hydrogen) atoms.